The minimum Gasteiger partial charge on any atom is -0.494 e. The summed E-state index contributed by atoms with van der Waals surface area (Å²) in [6, 6.07) is 20.3. The first-order valence-electron chi connectivity index (χ1n) is 13.3. The Hall–Kier alpha value is -4.11. The molecule has 3 rings (SSSR count). The second-order valence-electron chi connectivity index (χ2n) is 9.16. The molecule has 0 saturated heterocycles. The van der Waals surface area contributed by atoms with Gasteiger partial charge in [-0.3, -0.25) is 0 Å². The number of benzene rings is 3. The van der Waals surface area contributed by atoms with Gasteiger partial charge in [-0.2, -0.15) is 0 Å². The van der Waals surface area contributed by atoms with E-state index in [2.05, 4.69) is 0 Å². The van der Waals surface area contributed by atoms with Gasteiger partial charge in [0.25, 0.3) is 0 Å². The van der Waals surface area contributed by atoms with Crippen LogP contribution in [0.2, 0.25) is 0 Å². The molecule has 0 saturated carbocycles. The number of hydrogen-bond acceptors (Lipinski definition) is 6. The molecule has 0 radical (unpaired) electrons. The van der Waals surface area contributed by atoms with Crippen LogP contribution in [-0.4, -0.2) is 61.1 Å². The Morgan fingerprint density at radius 1 is 0.875 bits per heavy atom. The van der Waals surface area contributed by atoms with Crippen LogP contribution < -0.4 is 14.2 Å². The zero-order valence-electron chi connectivity index (χ0n) is 22.9. The molecule has 0 aromatic heterocycles. The SMILES string of the molecule is CCOC(Cc1ccc(OCCN(CCCCOc2ccc(F)cc2)C(=O)Oc2cccc(C)c2)cc1)C(=O)O. The van der Waals surface area contributed by atoms with Gasteiger partial charge < -0.3 is 29.0 Å². The normalized spacial score (nSPS) is 11.5. The van der Waals surface area contributed by atoms with Crippen molar-refractivity contribution in [3.63, 3.8) is 0 Å². The molecule has 0 spiro atoms. The number of halogens is 1. The second kappa shape index (κ2) is 16.1. The summed E-state index contributed by atoms with van der Waals surface area (Å²) in [5.74, 6) is 0.348. The third kappa shape index (κ3) is 10.6. The van der Waals surface area contributed by atoms with E-state index in [0.29, 0.717) is 56.4 Å². The van der Waals surface area contributed by atoms with E-state index in [0.717, 1.165) is 11.1 Å². The minimum absolute atomic E-state index is 0.241. The molecule has 0 aliphatic carbocycles. The first-order chi connectivity index (χ1) is 19.3. The van der Waals surface area contributed by atoms with Crippen LogP contribution in [0.4, 0.5) is 9.18 Å². The quantitative estimate of drug-likeness (QED) is 0.221. The third-order valence-electron chi connectivity index (χ3n) is 5.98. The van der Waals surface area contributed by atoms with Gasteiger partial charge in [0.15, 0.2) is 6.10 Å². The van der Waals surface area contributed by atoms with E-state index in [-0.39, 0.29) is 18.8 Å². The van der Waals surface area contributed by atoms with Gasteiger partial charge in [-0.1, -0.05) is 24.3 Å². The first-order valence-corrected chi connectivity index (χ1v) is 13.3. The zero-order chi connectivity index (χ0) is 28.7. The molecular weight excluding hydrogens is 517 g/mol. The van der Waals surface area contributed by atoms with E-state index < -0.39 is 18.2 Å². The summed E-state index contributed by atoms with van der Waals surface area (Å²) in [7, 11) is 0. The number of carboxylic acids is 1. The molecule has 0 heterocycles. The molecule has 1 unspecified atom stereocenters. The van der Waals surface area contributed by atoms with Crippen LogP contribution >= 0.6 is 0 Å². The lowest BCUT2D eigenvalue weighted by atomic mass is 10.1. The number of carbonyl (C=O) groups is 2. The molecule has 40 heavy (non-hydrogen) atoms. The van der Waals surface area contributed by atoms with Crippen molar-refractivity contribution in [1.82, 2.24) is 4.90 Å². The van der Waals surface area contributed by atoms with Gasteiger partial charge in [-0.05, 0) is 86.3 Å². The number of unbranched alkanes of at least 4 members (excludes halogenated alkanes) is 1. The highest BCUT2D eigenvalue weighted by Gasteiger charge is 2.18. The Balaban J connectivity index is 1.51. The Kier molecular flexibility index (Phi) is 12.2. The maximum Gasteiger partial charge on any atom is 0.415 e. The predicted molar refractivity (Wildman–Crippen MR) is 149 cm³/mol. The van der Waals surface area contributed by atoms with Crippen molar-refractivity contribution in [2.75, 3.05) is 32.9 Å². The average Bonchev–Trinajstić information content (AvgIpc) is 2.93. The van der Waals surface area contributed by atoms with Crippen LogP contribution in [-0.2, 0) is 16.0 Å². The van der Waals surface area contributed by atoms with Crippen molar-refractivity contribution >= 4 is 12.1 Å². The molecule has 3 aromatic carbocycles. The second-order valence-corrected chi connectivity index (χ2v) is 9.16. The van der Waals surface area contributed by atoms with Crippen molar-refractivity contribution in [2.24, 2.45) is 0 Å². The van der Waals surface area contributed by atoms with E-state index >= 15 is 0 Å². The van der Waals surface area contributed by atoms with Crippen LogP contribution in [0, 0.1) is 12.7 Å². The van der Waals surface area contributed by atoms with Crippen LogP contribution in [0.3, 0.4) is 0 Å². The largest absolute Gasteiger partial charge is 0.494 e. The van der Waals surface area contributed by atoms with Crippen molar-refractivity contribution in [1.29, 1.82) is 0 Å². The molecule has 1 N–H and O–H groups in total. The predicted octanol–water partition coefficient (Wildman–Crippen LogP) is 5.91. The number of carbonyl (C=O) groups excluding carboxylic acids is 1. The van der Waals surface area contributed by atoms with Gasteiger partial charge in [0, 0.05) is 19.6 Å². The maximum atomic E-state index is 13.1. The zero-order valence-corrected chi connectivity index (χ0v) is 22.9. The van der Waals surface area contributed by atoms with Gasteiger partial charge >= 0.3 is 12.1 Å². The number of carboxylic acid groups (broad SMARTS) is 1. The van der Waals surface area contributed by atoms with Gasteiger partial charge in [0.2, 0.25) is 0 Å². The average molecular weight is 554 g/mol. The van der Waals surface area contributed by atoms with Gasteiger partial charge in [-0.15, -0.1) is 0 Å². The summed E-state index contributed by atoms with van der Waals surface area (Å²) in [4.78, 5) is 25.9. The Labute approximate surface area is 234 Å². The summed E-state index contributed by atoms with van der Waals surface area (Å²) in [6.07, 6.45) is 0.244. The highest BCUT2D eigenvalue weighted by Crippen LogP contribution is 2.17. The van der Waals surface area contributed by atoms with E-state index in [9.17, 15) is 19.1 Å². The number of rotatable bonds is 16. The lowest BCUT2D eigenvalue weighted by Gasteiger charge is -2.22. The van der Waals surface area contributed by atoms with Crippen LogP contribution in [0.15, 0.2) is 72.8 Å². The van der Waals surface area contributed by atoms with Crippen LogP contribution in [0.5, 0.6) is 17.2 Å². The minimum atomic E-state index is -0.998. The number of nitrogens with zero attached hydrogens (tertiary/aromatic N) is 1. The lowest BCUT2D eigenvalue weighted by Crippen LogP contribution is -2.37. The molecule has 8 nitrogen and oxygen atoms in total. The standard InChI is InChI=1S/C31H36FNO7/c1-3-37-29(30(34)35)22-24-9-13-26(14-10-24)39-20-18-33(31(36)40-28-8-6-7-23(2)21-28)17-4-5-19-38-27-15-11-25(32)12-16-27/h6-16,21,29H,3-5,17-20,22H2,1-2H3,(H,34,35). The number of hydrogen-bond donors (Lipinski definition) is 1. The summed E-state index contributed by atoms with van der Waals surface area (Å²) in [5.41, 5.74) is 1.80. The number of amides is 1. The molecule has 1 atom stereocenters. The van der Waals surface area contributed by atoms with E-state index in [4.69, 9.17) is 18.9 Å². The molecule has 0 bridgehead atoms. The summed E-state index contributed by atoms with van der Waals surface area (Å²) < 4.78 is 35.4. The molecule has 1 amide bonds. The van der Waals surface area contributed by atoms with Gasteiger partial charge in [0.1, 0.15) is 29.7 Å². The first kappa shape index (κ1) is 30.4. The fraction of sp³-hybridized carbons (Fsp3) is 0.355. The topological polar surface area (TPSA) is 94.5 Å². The number of ether oxygens (including phenoxy) is 4. The third-order valence-corrected chi connectivity index (χ3v) is 5.98. The Bertz CT molecular complexity index is 1200. The molecule has 0 aliphatic rings. The maximum absolute atomic E-state index is 13.1. The molecule has 214 valence electrons. The Morgan fingerprint density at radius 2 is 1.55 bits per heavy atom. The number of aliphatic carboxylic acids is 1. The highest BCUT2D eigenvalue weighted by molar-refractivity contribution is 5.72. The van der Waals surface area contributed by atoms with E-state index in [1.165, 1.54) is 12.1 Å². The van der Waals surface area contributed by atoms with Crippen molar-refractivity contribution < 1.29 is 38.0 Å². The van der Waals surface area contributed by atoms with Crippen molar-refractivity contribution in [3.8, 4) is 17.2 Å². The van der Waals surface area contributed by atoms with Crippen molar-refractivity contribution in [2.45, 2.75) is 39.2 Å². The number of aryl methyl sites for hydroxylation is 1. The molecule has 0 fully saturated rings. The summed E-state index contributed by atoms with van der Waals surface area (Å²) in [5, 5.41) is 9.28. The highest BCUT2D eigenvalue weighted by atomic mass is 19.1. The summed E-state index contributed by atoms with van der Waals surface area (Å²) in [6.45, 7) is 5.42. The Morgan fingerprint density at radius 3 is 2.20 bits per heavy atom. The molecule has 9 heteroatoms. The van der Waals surface area contributed by atoms with Crippen LogP contribution in [0.1, 0.15) is 30.9 Å². The summed E-state index contributed by atoms with van der Waals surface area (Å²) >= 11 is 0. The smallest absolute Gasteiger partial charge is 0.415 e. The molecule has 0 aliphatic heterocycles. The van der Waals surface area contributed by atoms with Gasteiger partial charge in [0.05, 0.1) is 13.2 Å². The monoisotopic (exact) mass is 553 g/mol. The fourth-order valence-corrected chi connectivity index (χ4v) is 3.89. The van der Waals surface area contributed by atoms with Crippen LogP contribution in [0.25, 0.3) is 0 Å². The van der Waals surface area contributed by atoms with Crippen molar-refractivity contribution in [3.05, 3.63) is 89.7 Å². The van der Waals surface area contributed by atoms with E-state index in [1.54, 1.807) is 60.4 Å². The van der Waals surface area contributed by atoms with E-state index in [1.807, 2.05) is 19.1 Å². The van der Waals surface area contributed by atoms with Gasteiger partial charge in [-0.25, -0.2) is 14.0 Å². The molecular formula is C31H36FNO7. The molecule has 3 aromatic rings. The fourth-order valence-electron chi connectivity index (χ4n) is 3.89. The lowest BCUT2D eigenvalue weighted by molar-refractivity contribution is -0.149.